The molecular weight excluding hydrogens is 588 g/mol. The number of rotatable bonds is 13. The first-order chi connectivity index (χ1) is 20.5. The van der Waals surface area contributed by atoms with Crippen LogP contribution in [0.2, 0.25) is 5.02 Å². The highest BCUT2D eigenvalue weighted by atomic mass is 35.5. The van der Waals surface area contributed by atoms with Gasteiger partial charge in [0.1, 0.15) is 35.0 Å². The maximum atomic E-state index is 12.1. The maximum Gasteiger partial charge on any atom is 0.342 e. The summed E-state index contributed by atoms with van der Waals surface area (Å²) in [5.41, 5.74) is 0.663. The molecule has 0 fully saturated rings. The molecule has 0 radical (unpaired) electrons. The van der Waals surface area contributed by atoms with Gasteiger partial charge in [0.15, 0.2) is 0 Å². The first kappa shape index (κ1) is 38.8. The van der Waals surface area contributed by atoms with Gasteiger partial charge in [-0.25, -0.2) is 4.79 Å². The number of carbonyl (C=O) groups excluding carboxylic acids is 4. The largest absolute Gasteiger partial charge is 0.497 e. The van der Waals surface area contributed by atoms with Crippen LogP contribution in [0.15, 0.2) is 30.3 Å². The molecule has 0 unspecified atom stereocenters. The lowest BCUT2D eigenvalue weighted by Crippen LogP contribution is -2.15. The minimum Gasteiger partial charge on any atom is -0.497 e. The quantitative estimate of drug-likeness (QED) is 0.170. The molecule has 2 aromatic rings. The third-order valence-corrected chi connectivity index (χ3v) is 5.17. The molecule has 13 heteroatoms. The molecular formula is C30H41ClO12. The first-order valence-corrected chi connectivity index (χ1v) is 13.7. The highest BCUT2D eigenvalue weighted by Gasteiger charge is 2.22. The van der Waals surface area contributed by atoms with Crippen LogP contribution in [0.1, 0.15) is 50.0 Å². The third-order valence-electron chi connectivity index (χ3n) is 4.95. The second kappa shape index (κ2) is 22.4. The van der Waals surface area contributed by atoms with Gasteiger partial charge in [0.05, 0.1) is 61.3 Å². The predicted molar refractivity (Wildman–Crippen MR) is 158 cm³/mol. The molecule has 0 aromatic heterocycles. The molecule has 2 aromatic carbocycles. The van der Waals surface area contributed by atoms with Gasteiger partial charge in [-0.3, -0.25) is 14.4 Å². The number of halogens is 1. The normalized spacial score (nSPS) is 9.51. The Morgan fingerprint density at radius 1 is 0.581 bits per heavy atom. The lowest BCUT2D eigenvalue weighted by Gasteiger charge is -2.14. The van der Waals surface area contributed by atoms with Crippen molar-refractivity contribution in [2.45, 2.75) is 40.5 Å². The van der Waals surface area contributed by atoms with E-state index >= 15 is 0 Å². The summed E-state index contributed by atoms with van der Waals surface area (Å²) in [4.78, 5) is 45.0. The Kier molecular flexibility index (Phi) is 20.2. The van der Waals surface area contributed by atoms with E-state index in [1.165, 1.54) is 14.2 Å². The second-order valence-corrected chi connectivity index (χ2v) is 8.32. The fourth-order valence-electron chi connectivity index (χ4n) is 3.18. The van der Waals surface area contributed by atoms with Crippen LogP contribution < -0.4 is 18.9 Å². The van der Waals surface area contributed by atoms with Crippen LogP contribution in [0.4, 0.5) is 0 Å². The highest BCUT2D eigenvalue weighted by molar-refractivity contribution is 6.30. The summed E-state index contributed by atoms with van der Waals surface area (Å²) >= 11 is 5.75. The zero-order valence-corrected chi connectivity index (χ0v) is 26.7. The van der Waals surface area contributed by atoms with Crippen molar-refractivity contribution in [2.75, 3.05) is 54.9 Å². The molecule has 0 heterocycles. The van der Waals surface area contributed by atoms with E-state index in [1.807, 2.05) is 0 Å². The van der Waals surface area contributed by atoms with E-state index in [0.717, 1.165) is 0 Å². The Balaban J connectivity index is 0.000000677. The number of methoxy groups -OCH3 is 4. The zero-order valence-electron chi connectivity index (χ0n) is 25.9. The van der Waals surface area contributed by atoms with Gasteiger partial charge in [0, 0.05) is 17.2 Å². The lowest BCUT2D eigenvalue weighted by atomic mass is 10.0. The number of hydrogen-bond acceptors (Lipinski definition) is 12. The van der Waals surface area contributed by atoms with Crippen molar-refractivity contribution in [3.8, 4) is 23.0 Å². The summed E-state index contributed by atoms with van der Waals surface area (Å²) in [5, 5.41) is 0.612. The standard InChI is InChI=1S/C15H20O6.C8H9ClO2.C7H12O4/c1-5-20-13(16)8-10-7-11(18-3)9-12(19-4)14(10)15(17)21-6-2;1-10-7-3-6(9)4-8(5-7)11-2;1-3-10-6(8)5-7(9)11-4-2/h7,9H,5-6,8H2,1-4H3;3-5H,1-2H3;3-5H2,1-2H3. The Bertz CT molecular complexity index is 1130. The molecule has 0 bridgehead atoms. The lowest BCUT2D eigenvalue weighted by molar-refractivity contribution is -0.154. The average Bonchev–Trinajstić information content (AvgIpc) is 2.97. The summed E-state index contributed by atoms with van der Waals surface area (Å²) in [6, 6.07) is 8.40. The van der Waals surface area contributed by atoms with E-state index in [2.05, 4.69) is 9.47 Å². The van der Waals surface area contributed by atoms with Crippen LogP contribution in [0, 0.1) is 0 Å². The van der Waals surface area contributed by atoms with Crippen LogP contribution in [0.5, 0.6) is 23.0 Å². The Labute approximate surface area is 257 Å². The van der Waals surface area contributed by atoms with E-state index in [9.17, 15) is 19.2 Å². The molecule has 0 saturated heterocycles. The minimum atomic E-state index is -0.545. The second-order valence-electron chi connectivity index (χ2n) is 7.88. The number of benzene rings is 2. The molecule has 240 valence electrons. The van der Waals surface area contributed by atoms with Crippen molar-refractivity contribution in [1.29, 1.82) is 0 Å². The molecule has 43 heavy (non-hydrogen) atoms. The van der Waals surface area contributed by atoms with Gasteiger partial charge >= 0.3 is 23.9 Å². The molecule has 2 rings (SSSR count). The number of ether oxygens (including phenoxy) is 8. The summed E-state index contributed by atoms with van der Waals surface area (Å²) < 4.78 is 39.3. The van der Waals surface area contributed by atoms with Crippen LogP contribution >= 0.6 is 11.6 Å². The van der Waals surface area contributed by atoms with E-state index in [1.54, 1.807) is 72.2 Å². The van der Waals surface area contributed by atoms with E-state index < -0.39 is 23.9 Å². The monoisotopic (exact) mass is 628 g/mol. The Morgan fingerprint density at radius 2 is 1.02 bits per heavy atom. The molecule has 0 amide bonds. The SMILES string of the molecule is CCOC(=O)CC(=O)OCC.CCOC(=O)Cc1cc(OC)cc(OC)c1C(=O)OCC.COc1cc(Cl)cc(OC)c1. The fourth-order valence-corrected chi connectivity index (χ4v) is 3.40. The average molecular weight is 629 g/mol. The van der Waals surface area contributed by atoms with Crippen LogP contribution in [-0.4, -0.2) is 78.7 Å². The van der Waals surface area contributed by atoms with Gasteiger partial charge in [-0.2, -0.15) is 0 Å². The van der Waals surface area contributed by atoms with Crippen molar-refractivity contribution >= 4 is 35.5 Å². The summed E-state index contributed by atoms with van der Waals surface area (Å²) in [7, 11) is 6.11. The van der Waals surface area contributed by atoms with E-state index in [4.69, 9.17) is 40.0 Å². The predicted octanol–water partition coefficient (Wildman–Crippen LogP) is 4.85. The van der Waals surface area contributed by atoms with E-state index in [-0.39, 0.29) is 44.8 Å². The van der Waals surface area contributed by atoms with Gasteiger partial charge in [0.25, 0.3) is 0 Å². The van der Waals surface area contributed by atoms with Gasteiger partial charge in [-0.05, 0) is 51.5 Å². The van der Waals surface area contributed by atoms with Gasteiger partial charge in [-0.15, -0.1) is 0 Å². The fraction of sp³-hybridized carbons (Fsp3) is 0.467. The molecule has 0 saturated carbocycles. The molecule has 12 nitrogen and oxygen atoms in total. The highest BCUT2D eigenvalue weighted by Crippen LogP contribution is 2.30. The molecule has 0 aliphatic rings. The third kappa shape index (κ3) is 15.6. The van der Waals surface area contributed by atoms with Crippen molar-refractivity contribution in [3.05, 3.63) is 46.5 Å². The minimum absolute atomic E-state index is 0.0600. The topological polar surface area (TPSA) is 142 Å². The summed E-state index contributed by atoms with van der Waals surface area (Å²) in [5.74, 6) is 0.140. The Morgan fingerprint density at radius 3 is 1.44 bits per heavy atom. The zero-order chi connectivity index (χ0) is 32.8. The molecule has 0 N–H and O–H groups in total. The van der Waals surface area contributed by atoms with Crippen LogP contribution in [0.3, 0.4) is 0 Å². The number of carbonyl (C=O) groups is 4. The van der Waals surface area contributed by atoms with Gasteiger partial charge < -0.3 is 37.9 Å². The maximum absolute atomic E-state index is 12.1. The smallest absolute Gasteiger partial charge is 0.342 e. The number of hydrogen-bond donors (Lipinski definition) is 0. The van der Waals surface area contributed by atoms with Crippen molar-refractivity contribution in [2.24, 2.45) is 0 Å². The number of esters is 4. The van der Waals surface area contributed by atoms with Crippen LogP contribution in [-0.2, 0) is 39.8 Å². The summed E-state index contributed by atoms with van der Waals surface area (Å²) in [6.07, 6.45) is -0.350. The van der Waals surface area contributed by atoms with Crippen LogP contribution in [0.25, 0.3) is 0 Å². The van der Waals surface area contributed by atoms with E-state index in [0.29, 0.717) is 33.6 Å². The van der Waals surface area contributed by atoms with Gasteiger partial charge in [0.2, 0.25) is 0 Å². The van der Waals surface area contributed by atoms with Crippen molar-refractivity contribution < 1.29 is 57.1 Å². The molecule has 0 aliphatic heterocycles. The van der Waals surface area contributed by atoms with Crippen molar-refractivity contribution in [1.82, 2.24) is 0 Å². The summed E-state index contributed by atoms with van der Waals surface area (Å²) in [6.45, 7) is 7.87. The molecule has 0 aliphatic carbocycles. The van der Waals surface area contributed by atoms with Gasteiger partial charge in [-0.1, -0.05) is 11.6 Å². The molecule has 0 spiro atoms. The Hall–Kier alpha value is -4.19. The molecule has 0 atom stereocenters. The first-order valence-electron chi connectivity index (χ1n) is 13.3. The van der Waals surface area contributed by atoms with Crippen molar-refractivity contribution in [3.63, 3.8) is 0 Å².